The first kappa shape index (κ1) is 31.9. The van der Waals surface area contributed by atoms with Crippen LogP contribution < -0.4 is 4.74 Å². The van der Waals surface area contributed by atoms with Crippen molar-refractivity contribution >= 4 is 18.5 Å². The van der Waals surface area contributed by atoms with Crippen LogP contribution in [0, 0.1) is 11.8 Å². The molecule has 0 radical (unpaired) electrons. The molecule has 0 saturated carbocycles. The lowest BCUT2D eigenvalue weighted by Crippen LogP contribution is -2.41. The summed E-state index contributed by atoms with van der Waals surface area (Å²) in [6.07, 6.45) is 8.96. The molecule has 37 heavy (non-hydrogen) atoms. The van der Waals surface area contributed by atoms with Gasteiger partial charge < -0.3 is 29.3 Å². The van der Waals surface area contributed by atoms with E-state index in [-0.39, 0.29) is 31.1 Å². The number of aldehydes is 2. The normalized spacial score (nSPS) is 18.0. The molecule has 0 bridgehead atoms. The highest BCUT2D eigenvalue weighted by Gasteiger charge is 2.33. The van der Waals surface area contributed by atoms with Crippen molar-refractivity contribution in [2.24, 2.45) is 11.8 Å². The molecule has 0 saturated heterocycles. The van der Waals surface area contributed by atoms with E-state index in [1.54, 1.807) is 25.3 Å². The number of allylic oxidation sites excluding steroid dienone is 5. The average Bonchev–Trinajstić information content (AvgIpc) is 2.85. The third kappa shape index (κ3) is 11.2. The van der Waals surface area contributed by atoms with Crippen molar-refractivity contribution in [3.63, 3.8) is 0 Å². The monoisotopic (exact) mass is 515 g/mol. The Hall–Kier alpha value is -3.10. The second-order valence-electron chi connectivity index (χ2n) is 9.58. The number of aliphatic hydroxyl groups excluding tert-OH is 1. The van der Waals surface area contributed by atoms with Gasteiger partial charge in [-0.3, -0.25) is 4.79 Å². The number of hydrogen-bond acceptors (Lipinski definition) is 8. The van der Waals surface area contributed by atoms with Crippen LogP contribution in [0.3, 0.4) is 0 Å². The fourth-order valence-corrected chi connectivity index (χ4v) is 3.81. The summed E-state index contributed by atoms with van der Waals surface area (Å²) in [5.41, 5.74) is 0.245. The lowest BCUT2D eigenvalue weighted by molar-refractivity contribution is -0.156. The Labute approximate surface area is 220 Å². The molecular weight excluding hydrogens is 474 g/mol. The van der Waals surface area contributed by atoms with Crippen LogP contribution in [-0.2, 0) is 19.1 Å². The minimum Gasteiger partial charge on any atom is -0.481 e. The Morgan fingerprint density at radius 3 is 2.46 bits per heavy atom. The van der Waals surface area contributed by atoms with Gasteiger partial charge in [0.15, 0.2) is 0 Å². The Balaban J connectivity index is 2.95. The van der Waals surface area contributed by atoms with E-state index in [1.807, 2.05) is 51.1 Å². The predicted octanol–water partition coefficient (Wildman–Crippen LogP) is 4.12. The van der Waals surface area contributed by atoms with E-state index in [2.05, 4.69) is 4.98 Å². The molecule has 2 N–H and O–H groups in total. The van der Waals surface area contributed by atoms with Gasteiger partial charge in [0.2, 0.25) is 5.88 Å². The zero-order valence-corrected chi connectivity index (χ0v) is 22.7. The number of carbonyl (C=O) groups is 3. The number of rotatable bonds is 16. The molecule has 1 rings (SSSR count). The molecule has 8 nitrogen and oxygen atoms in total. The average molecular weight is 516 g/mol. The summed E-state index contributed by atoms with van der Waals surface area (Å²) in [7, 11) is 1.57. The molecule has 1 unspecified atom stereocenters. The smallest absolute Gasteiger partial charge is 0.303 e. The molecule has 0 aliphatic carbocycles. The maximum Gasteiger partial charge on any atom is 0.303 e. The van der Waals surface area contributed by atoms with Gasteiger partial charge in [-0.05, 0) is 44.7 Å². The van der Waals surface area contributed by atoms with Gasteiger partial charge in [0.05, 0.1) is 18.9 Å². The molecule has 0 aromatic carbocycles. The van der Waals surface area contributed by atoms with Gasteiger partial charge in [0, 0.05) is 31.2 Å². The van der Waals surface area contributed by atoms with Crippen LogP contribution in [-0.4, -0.2) is 58.7 Å². The second kappa shape index (κ2) is 15.9. The highest BCUT2D eigenvalue weighted by molar-refractivity contribution is 5.66. The molecule has 6 atom stereocenters. The van der Waals surface area contributed by atoms with Crippen LogP contribution in [0.15, 0.2) is 54.2 Å². The number of nitrogens with zero attached hydrogens (tertiary/aromatic N) is 1. The molecule has 1 heterocycles. The molecular formula is C29H41NO7. The standard InChI is InChI=1S/C29H41NO7/c1-20(9-7-10-22(3)26-11-8-12-28(30-26)36-6)25(19-32)21(2)13-14-27(37-23(4)33)29(5,35)17-15-24(34)16-18-31/h7-14,18-19,21-22,24-25,27,34-35H,15-17H2,1-6H3/b10-7+,14-13+,20-9+/t21-,22?,24-,25+,27-,29-/m0/s1. The highest BCUT2D eigenvalue weighted by atomic mass is 16.6. The minimum atomic E-state index is -1.47. The van der Waals surface area contributed by atoms with Crippen molar-refractivity contribution in [2.75, 3.05) is 7.11 Å². The van der Waals surface area contributed by atoms with E-state index in [1.165, 1.54) is 13.8 Å². The van der Waals surface area contributed by atoms with E-state index in [4.69, 9.17) is 9.47 Å². The van der Waals surface area contributed by atoms with Crippen LogP contribution in [0.1, 0.15) is 65.5 Å². The summed E-state index contributed by atoms with van der Waals surface area (Å²) in [5, 5.41) is 20.7. The summed E-state index contributed by atoms with van der Waals surface area (Å²) in [4.78, 5) is 38.6. The third-order valence-corrected chi connectivity index (χ3v) is 6.27. The molecule has 0 amide bonds. The summed E-state index contributed by atoms with van der Waals surface area (Å²) < 4.78 is 10.5. The van der Waals surface area contributed by atoms with Crippen molar-refractivity contribution in [3.05, 3.63) is 59.8 Å². The first-order valence-corrected chi connectivity index (χ1v) is 12.5. The van der Waals surface area contributed by atoms with Gasteiger partial charge in [-0.1, -0.05) is 49.8 Å². The van der Waals surface area contributed by atoms with E-state index in [0.29, 0.717) is 12.2 Å². The number of aromatic nitrogens is 1. The minimum absolute atomic E-state index is 0.0307. The molecule has 1 aromatic rings. The van der Waals surface area contributed by atoms with E-state index < -0.39 is 29.7 Å². The van der Waals surface area contributed by atoms with Crippen LogP contribution >= 0.6 is 0 Å². The van der Waals surface area contributed by atoms with Gasteiger partial charge in [-0.2, -0.15) is 0 Å². The first-order chi connectivity index (χ1) is 17.4. The van der Waals surface area contributed by atoms with Crippen LogP contribution in [0.2, 0.25) is 0 Å². The number of ether oxygens (including phenoxy) is 2. The Kier molecular flexibility index (Phi) is 13.7. The molecule has 8 heteroatoms. The van der Waals surface area contributed by atoms with Gasteiger partial charge in [-0.25, -0.2) is 4.98 Å². The SMILES string of the molecule is COc1cccc(C(C)/C=C/C=C(\C)[C@@H](C=O)[C@@H](C)/C=C/[C@H](OC(C)=O)[C@@](C)(O)CC[C@H](O)CC=O)n1. The maximum absolute atomic E-state index is 11.9. The fraction of sp³-hybridized carbons (Fsp3) is 0.517. The number of pyridine rings is 1. The molecule has 0 fully saturated rings. The topological polar surface area (TPSA) is 123 Å². The molecule has 204 valence electrons. The highest BCUT2D eigenvalue weighted by Crippen LogP contribution is 2.26. The maximum atomic E-state index is 11.9. The van der Waals surface area contributed by atoms with Crippen LogP contribution in [0.5, 0.6) is 5.88 Å². The van der Waals surface area contributed by atoms with Crippen LogP contribution in [0.25, 0.3) is 0 Å². The van der Waals surface area contributed by atoms with Crippen LogP contribution in [0.4, 0.5) is 0 Å². The van der Waals surface area contributed by atoms with Crippen molar-refractivity contribution in [2.45, 2.75) is 77.6 Å². The second-order valence-corrected chi connectivity index (χ2v) is 9.58. The van der Waals surface area contributed by atoms with Gasteiger partial charge in [0.25, 0.3) is 0 Å². The Morgan fingerprint density at radius 2 is 1.86 bits per heavy atom. The molecule has 0 spiro atoms. The number of esters is 1. The zero-order chi connectivity index (χ0) is 28.0. The summed E-state index contributed by atoms with van der Waals surface area (Å²) in [5.74, 6) is -0.640. The van der Waals surface area contributed by atoms with Gasteiger partial charge in [-0.15, -0.1) is 0 Å². The lowest BCUT2D eigenvalue weighted by Gasteiger charge is -2.31. The summed E-state index contributed by atoms with van der Waals surface area (Å²) in [6, 6.07) is 5.60. The van der Waals surface area contributed by atoms with Gasteiger partial charge >= 0.3 is 5.97 Å². The van der Waals surface area contributed by atoms with Crippen molar-refractivity contribution in [1.29, 1.82) is 0 Å². The third-order valence-electron chi connectivity index (χ3n) is 6.27. The summed E-state index contributed by atoms with van der Waals surface area (Å²) in [6.45, 7) is 8.51. The van der Waals surface area contributed by atoms with E-state index in [0.717, 1.165) is 17.6 Å². The molecule has 0 aliphatic heterocycles. The Morgan fingerprint density at radius 1 is 1.16 bits per heavy atom. The largest absolute Gasteiger partial charge is 0.481 e. The number of hydrogen-bond donors (Lipinski definition) is 2. The van der Waals surface area contributed by atoms with E-state index in [9.17, 15) is 24.6 Å². The fourth-order valence-electron chi connectivity index (χ4n) is 3.81. The Bertz CT molecular complexity index is 967. The quantitative estimate of drug-likeness (QED) is 0.146. The van der Waals surface area contributed by atoms with Crippen molar-refractivity contribution in [3.8, 4) is 5.88 Å². The zero-order valence-electron chi connectivity index (χ0n) is 22.7. The molecule has 0 aliphatic rings. The summed E-state index contributed by atoms with van der Waals surface area (Å²) >= 11 is 0. The predicted molar refractivity (Wildman–Crippen MR) is 142 cm³/mol. The first-order valence-electron chi connectivity index (χ1n) is 12.5. The van der Waals surface area contributed by atoms with Crippen molar-refractivity contribution < 1.29 is 34.1 Å². The number of carbonyl (C=O) groups excluding carboxylic acids is 3. The van der Waals surface area contributed by atoms with Gasteiger partial charge in [0.1, 0.15) is 24.3 Å². The number of methoxy groups -OCH3 is 1. The molecule has 1 aromatic heterocycles. The lowest BCUT2D eigenvalue weighted by atomic mass is 9.86. The number of aliphatic hydroxyl groups is 2. The van der Waals surface area contributed by atoms with E-state index >= 15 is 0 Å². The van der Waals surface area contributed by atoms with Crippen molar-refractivity contribution in [1.82, 2.24) is 4.98 Å².